The summed E-state index contributed by atoms with van der Waals surface area (Å²) in [6, 6.07) is 0. The molecule has 0 bridgehead atoms. The van der Waals surface area contributed by atoms with E-state index < -0.39 is 0 Å². The molecule has 0 aromatic carbocycles. The fourth-order valence-electron chi connectivity index (χ4n) is 3.74. The summed E-state index contributed by atoms with van der Waals surface area (Å²) < 4.78 is 4.37. The van der Waals surface area contributed by atoms with E-state index in [1.807, 2.05) is 4.57 Å². The van der Waals surface area contributed by atoms with Crippen LogP contribution >= 0.6 is 24.0 Å². The Labute approximate surface area is 184 Å². The second kappa shape index (κ2) is 9.15. The highest BCUT2D eigenvalue weighted by atomic mass is 35.5. The minimum Gasteiger partial charge on any atom is -0.351 e. The van der Waals surface area contributed by atoms with Crippen molar-refractivity contribution in [3.05, 3.63) is 44.7 Å². The van der Waals surface area contributed by atoms with Gasteiger partial charge in [0.1, 0.15) is 0 Å². The van der Waals surface area contributed by atoms with Crippen LogP contribution in [0.1, 0.15) is 6.42 Å². The normalized spacial score (nSPS) is 14.8. The first-order chi connectivity index (χ1) is 14.0. The van der Waals surface area contributed by atoms with Crippen LogP contribution in [0.5, 0.6) is 0 Å². The van der Waals surface area contributed by atoms with Crippen LogP contribution in [0.25, 0.3) is 11.2 Å². The highest BCUT2D eigenvalue weighted by molar-refractivity contribution is 6.31. The molecule has 1 aliphatic heterocycles. The Morgan fingerprint density at radius 3 is 2.37 bits per heavy atom. The number of fused-ring (bicyclic) bond motifs is 1. The lowest BCUT2D eigenvalue weighted by atomic mass is 10.3. The Morgan fingerprint density at radius 1 is 0.967 bits per heavy atom. The van der Waals surface area contributed by atoms with E-state index in [4.69, 9.17) is 11.6 Å². The molecule has 0 spiro atoms. The molecular weight excluding hydrogens is 431 g/mol. The number of aryl methyl sites for hydroxylation is 2. The zero-order chi connectivity index (χ0) is 20.5. The summed E-state index contributed by atoms with van der Waals surface area (Å²) in [4.78, 5) is 41.7. The molecule has 0 N–H and O–H groups in total. The van der Waals surface area contributed by atoms with Crippen LogP contribution in [0.4, 0.5) is 5.82 Å². The molecule has 0 saturated carbocycles. The Bertz CT molecular complexity index is 1150. The van der Waals surface area contributed by atoms with Crippen LogP contribution < -0.4 is 16.1 Å². The summed E-state index contributed by atoms with van der Waals surface area (Å²) in [6.07, 6.45) is 5.76. The topological polar surface area (TPSA) is 94.1 Å². The molecule has 4 rings (SSSR count). The van der Waals surface area contributed by atoms with Crippen LogP contribution in [-0.4, -0.2) is 66.3 Å². The van der Waals surface area contributed by atoms with E-state index in [9.17, 15) is 9.59 Å². The molecule has 0 unspecified atom stereocenters. The van der Waals surface area contributed by atoms with Gasteiger partial charge in [-0.3, -0.25) is 18.8 Å². The quantitative estimate of drug-likeness (QED) is 0.554. The zero-order valence-corrected chi connectivity index (χ0v) is 18.4. The van der Waals surface area contributed by atoms with Crippen molar-refractivity contribution in [1.29, 1.82) is 0 Å². The standard InChI is InChI=1S/C18H23ClN8O2.ClH/c1-23-15-13(17(28)24(2)18(23)29)27(12-22-15)7-3-6-25-8-10-26(11-9-25)16-14(19)20-4-5-21-16;/h4-5,12H,3,6-11H2,1-2H3;1H. The van der Waals surface area contributed by atoms with Crippen LogP contribution in [0.2, 0.25) is 5.15 Å². The van der Waals surface area contributed by atoms with Crippen molar-refractivity contribution in [3.8, 4) is 0 Å². The lowest BCUT2D eigenvalue weighted by molar-refractivity contribution is 0.250. The minimum atomic E-state index is -0.367. The molecule has 0 radical (unpaired) electrons. The van der Waals surface area contributed by atoms with Crippen molar-refractivity contribution in [3.63, 3.8) is 0 Å². The van der Waals surface area contributed by atoms with Gasteiger partial charge in [-0.1, -0.05) is 11.6 Å². The van der Waals surface area contributed by atoms with E-state index in [0.717, 1.165) is 49.5 Å². The van der Waals surface area contributed by atoms with Gasteiger partial charge in [0.2, 0.25) is 0 Å². The predicted octanol–water partition coefficient (Wildman–Crippen LogP) is 0.511. The molecule has 0 atom stereocenters. The van der Waals surface area contributed by atoms with Crippen molar-refractivity contribution >= 4 is 41.0 Å². The Hall–Kier alpha value is -2.43. The molecule has 0 amide bonds. The van der Waals surface area contributed by atoms with Gasteiger partial charge >= 0.3 is 5.69 Å². The number of halogens is 2. The van der Waals surface area contributed by atoms with E-state index in [1.54, 1.807) is 25.8 Å². The molecular formula is C18H24Cl2N8O2. The number of rotatable bonds is 5. The Morgan fingerprint density at radius 2 is 1.67 bits per heavy atom. The van der Waals surface area contributed by atoms with Crippen LogP contribution in [0.3, 0.4) is 0 Å². The van der Waals surface area contributed by atoms with Gasteiger partial charge in [0, 0.05) is 59.2 Å². The molecule has 1 aliphatic rings. The summed E-state index contributed by atoms with van der Waals surface area (Å²) in [5.74, 6) is 0.736. The van der Waals surface area contributed by atoms with E-state index in [0.29, 0.717) is 22.9 Å². The van der Waals surface area contributed by atoms with Crippen molar-refractivity contribution in [2.75, 3.05) is 37.6 Å². The second-order valence-electron chi connectivity index (χ2n) is 7.17. The number of hydrogen-bond acceptors (Lipinski definition) is 7. The fourth-order valence-corrected chi connectivity index (χ4v) is 3.96. The lowest BCUT2D eigenvalue weighted by Crippen LogP contribution is -2.47. The molecule has 3 aromatic rings. The van der Waals surface area contributed by atoms with Crippen LogP contribution in [0, 0.1) is 0 Å². The van der Waals surface area contributed by atoms with Gasteiger partial charge in [0.05, 0.1) is 6.33 Å². The van der Waals surface area contributed by atoms with Crippen LogP contribution in [-0.2, 0) is 20.6 Å². The van der Waals surface area contributed by atoms with Gasteiger partial charge in [-0.15, -0.1) is 12.4 Å². The first-order valence-corrected chi connectivity index (χ1v) is 9.90. The van der Waals surface area contributed by atoms with Gasteiger partial charge in [0.15, 0.2) is 22.1 Å². The number of anilines is 1. The van der Waals surface area contributed by atoms with E-state index in [-0.39, 0.29) is 23.7 Å². The van der Waals surface area contributed by atoms with E-state index in [1.165, 1.54) is 11.6 Å². The van der Waals surface area contributed by atoms with Gasteiger partial charge in [0.25, 0.3) is 5.56 Å². The molecule has 3 aromatic heterocycles. The summed E-state index contributed by atoms with van der Waals surface area (Å²) in [5, 5.41) is 0.434. The van der Waals surface area contributed by atoms with E-state index in [2.05, 4.69) is 24.8 Å². The number of hydrogen-bond donors (Lipinski definition) is 0. The Balaban J connectivity index is 0.00000256. The first-order valence-electron chi connectivity index (χ1n) is 9.52. The monoisotopic (exact) mass is 454 g/mol. The van der Waals surface area contributed by atoms with Gasteiger partial charge in [-0.05, 0) is 13.0 Å². The largest absolute Gasteiger partial charge is 0.351 e. The maximum atomic E-state index is 12.5. The van der Waals surface area contributed by atoms with Crippen molar-refractivity contribution < 1.29 is 0 Å². The van der Waals surface area contributed by atoms with Crippen molar-refractivity contribution in [2.45, 2.75) is 13.0 Å². The highest BCUT2D eigenvalue weighted by Gasteiger charge is 2.20. The third kappa shape index (κ3) is 4.07. The van der Waals surface area contributed by atoms with Crippen molar-refractivity contribution in [2.24, 2.45) is 14.1 Å². The zero-order valence-electron chi connectivity index (χ0n) is 16.9. The average Bonchev–Trinajstić information content (AvgIpc) is 3.16. The van der Waals surface area contributed by atoms with Crippen LogP contribution in [0.15, 0.2) is 28.3 Å². The molecule has 4 heterocycles. The number of aromatic nitrogens is 6. The van der Waals surface area contributed by atoms with Crippen molar-refractivity contribution in [1.82, 2.24) is 33.6 Å². The summed E-state index contributed by atoms with van der Waals surface area (Å²) in [6.45, 7) is 5.08. The molecule has 0 aliphatic carbocycles. The molecule has 12 heteroatoms. The maximum Gasteiger partial charge on any atom is 0.332 e. The molecule has 162 valence electrons. The number of piperazine rings is 1. The predicted molar refractivity (Wildman–Crippen MR) is 118 cm³/mol. The highest BCUT2D eigenvalue weighted by Crippen LogP contribution is 2.21. The maximum absolute atomic E-state index is 12.5. The van der Waals surface area contributed by atoms with Gasteiger partial charge in [-0.2, -0.15) is 0 Å². The summed E-state index contributed by atoms with van der Waals surface area (Å²) >= 11 is 6.14. The third-order valence-corrected chi connectivity index (χ3v) is 5.66. The first kappa shape index (κ1) is 22.3. The summed E-state index contributed by atoms with van der Waals surface area (Å²) in [7, 11) is 3.12. The summed E-state index contributed by atoms with van der Waals surface area (Å²) in [5.41, 5.74) is 0.216. The number of nitrogens with zero attached hydrogens (tertiary/aromatic N) is 8. The molecule has 10 nitrogen and oxygen atoms in total. The number of imidazole rings is 1. The third-order valence-electron chi connectivity index (χ3n) is 5.40. The van der Waals surface area contributed by atoms with E-state index >= 15 is 0 Å². The van der Waals surface area contributed by atoms with Gasteiger partial charge in [-0.25, -0.2) is 19.7 Å². The Kier molecular flexibility index (Phi) is 6.79. The average molecular weight is 455 g/mol. The molecule has 1 fully saturated rings. The SMILES string of the molecule is Cl.Cn1c(=O)c2c(ncn2CCCN2CCN(c3nccnc3Cl)CC2)n(C)c1=O. The lowest BCUT2D eigenvalue weighted by Gasteiger charge is -2.35. The van der Waals surface area contributed by atoms with Gasteiger partial charge < -0.3 is 9.47 Å². The fraction of sp³-hybridized carbons (Fsp3) is 0.500. The molecule has 1 saturated heterocycles. The minimum absolute atomic E-state index is 0. The smallest absolute Gasteiger partial charge is 0.332 e. The second-order valence-corrected chi connectivity index (χ2v) is 7.53. The molecule has 30 heavy (non-hydrogen) atoms.